The predicted molar refractivity (Wildman–Crippen MR) is 115 cm³/mol. The van der Waals surface area contributed by atoms with Gasteiger partial charge in [0.15, 0.2) is 0 Å². The third-order valence-electron chi connectivity index (χ3n) is 5.74. The highest BCUT2D eigenvalue weighted by Gasteiger charge is 2.31. The van der Waals surface area contributed by atoms with Gasteiger partial charge in [-0.1, -0.05) is 43.5 Å². The van der Waals surface area contributed by atoms with Crippen LogP contribution in [0.25, 0.3) is 0 Å². The number of hydrogen-bond acceptors (Lipinski definition) is 4. The molecule has 2 aromatic carbocycles. The van der Waals surface area contributed by atoms with Crippen LogP contribution in [0.1, 0.15) is 44.1 Å². The van der Waals surface area contributed by atoms with E-state index in [0.29, 0.717) is 30.8 Å². The lowest BCUT2D eigenvalue weighted by Crippen LogP contribution is -2.35. The van der Waals surface area contributed by atoms with E-state index in [4.69, 9.17) is 0 Å². The average Bonchev–Trinajstić information content (AvgIpc) is 2.74. The molecule has 0 radical (unpaired) electrons. The molecule has 1 N–H and O–H groups in total. The molecule has 0 saturated heterocycles. The zero-order chi connectivity index (χ0) is 20.5. The van der Waals surface area contributed by atoms with Crippen molar-refractivity contribution in [2.45, 2.75) is 55.1 Å². The van der Waals surface area contributed by atoms with Gasteiger partial charge in [0, 0.05) is 6.54 Å². The molecule has 2 aliphatic rings. The summed E-state index contributed by atoms with van der Waals surface area (Å²) in [5.74, 6) is 0. The first-order chi connectivity index (χ1) is 13.9. The normalized spacial score (nSPS) is 18.3. The second-order valence-corrected chi connectivity index (χ2v) is 11.6. The van der Waals surface area contributed by atoms with E-state index >= 15 is 0 Å². The van der Waals surface area contributed by atoms with Crippen LogP contribution in [-0.2, 0) is 26.5 Å². The highest BCUT2D eigenvalue weighted by atomic mass is 32.2. The number of aryl methyl sites for hydroxylation is 1. The van der Waals surface area contributed by atoms with Gasteiger partial charge in [0.05, 0.1) is 21.5 Å². The van der Waals surface area contributed by atoms with Gasteiger partial charge in [-0.15, -0.1) is 0 Å². The van der Waals surface area contributed by atoms with Crippen molar-refractivity contribution in [2.24, 2.45) is 0 Å². The summed E-state index contributed by atoms with van der Waals surface area (Å²) in [4.78, 5) is 0.237. The molecule has 156 valence electrons. The molecule has 0 unspecified atom stereocenters. The van der Waals surface area contributed by atoms with Crippen molar-refractivity contribution in [3.63, 3.8) is 0 Å². The van der Waals surface area contributed by atoms with Crippen molar-refractivity contribution in [1.29, 1.82) is 0 Å². The largest absolute Gasteiger partial charge is 0.283 e. The van der Waals surface area contributed by atoms with Crippen LogP contribution in [0.15, 0.2) is 53.4 Å². The number of fused-ring (bicyclic) bond motifs is 1. The zero-order valence-electron chi connectivity index (χ0n) is 16.2. The summed E-state index contributed by atoms with van der Waals surface area (Å²) in [6.45, 7) is 0.378. The smallest absolute Gasteiger partial charge is 0.264 e. The van der Waals surface area contributed by atoms with Crippen LogP contribution < -0.4 is 9.03 Å². The Morgan fingerprint density at radius 3 is 2.31 bits per heavy atom. The van der Waals surface area contributed by atoms with E-state index in [9.17, 15) is 16.8 Å². The van der Waals surface area contributed by atoms with Crippen molar-refractivity contribution >= 4 is 31.4 Å². The molecule has 4 rings (SSSR count). The minimum absolute atomic E-state index is 0.237. The fourth-order valence-corrected chi connectivity index (χ4v) is 7.33. The first-order valence-corrected chi connectivity index (χ1v) is 13.1. The van der Waals surface area contributed by atoms with E-state index in [0.717, 1.165) is 37.7 Å². The maximum Gasteiger partial charge on any atom is 0.264 e. The van der Waals surface area contributed by atoms with Gasteiger partial charge in [0.1, 0.15) is 0 Å². The van der Waals surface area contributed by atoms with E-state index in [1.54, 1.807) is 42.5 Å². The number of benzene rings is 2. The standard InChI is InChI=1S/C21H26N2O4S2/c24-28(25,19-9-3-1-4-10-19)22-18-14-13-17-8-7-15-23(21(17)16-18)29(26,27)20-11-5-2-6-12-20/h2,5-6,11-14,16,19,22H,1,3-4,7-10,15H2. The molecule has 1 heterocycles. The minimum atomic E-state index is -3.70. The molecule has 1 aliphatic carbocycles. The van der Waals surface area contributed by atoms with Crippen LogP contribution in [0, 0.1) is 0 Å². The highest BCUT2D eigenvalue weighted by molar-refractivity contribution is 7.93. The van der Waals surface area contributed by atoms with Gasteiger partial charge in [-0.3, -0.25) is 9.03 Å². The summed E-state index contributed by atoms with van der Waals surface area (Å²) >= 11 is 0. The van der Waals surface area contributed by atoms with E-state index in [1.165, 1.54) is 4.31 Å². The van der Waals surface area contributed by atoms with E-state index in [-0.39, 0.29) is 10.1 Å². The Labute approximate surface area is 173 Å². The quantitative estimate of drug-likeness (QED) is 0.774. The lowest BCUT2D eigenvalue weighted by Gasteiger charge is -2.31. The molecule has 0 bridgehead atoms. The Balaban J connectivity index is 1.66. The maximum absolute atomic E-state index is 13.2. The molecule has 1 saturated carbocycles. The monoisotopic (exact) mass is 434 g/mol. The van der Waals surface area contributed by atoms with Crippen LogP contribution >= 0.6 is 0 Å². The van der Waals surface area contributed by atoms with Crippen LogP contribution in [0.4, 0.5) is 11.4 Å². The molecule has 1 fully saturated rings. The SMILES string of the molecule is O=S(=O)(Nc1ccc2c(c1)N(S(=O)(=O)c1ccccc1)CCC2)C1CCCCC1. The van der Waals surface area contributed by atoms with Gasteiger partial charge in [0.2, 0.25) is 10.0 Å². The summed E-state index contributed by atoms with van der Waals surface area (Å²) in [7, 11) is -7.19. The number of rotatable bonds is 5. The Kier molecular flexibility index (Phi) is 5.57. The molecule has 0 aromatic heterocycles. The molecule has 0 atom stereocenters. The summed E-state index contributed by atoms with van der Waals surface area (Å²) < 4.78 is 56.0. The molecule has 2 aromatic rings. The van der Waals surface area contributed by atoms with Gasteiger partial charge < -0.3 is 0 Å². The molecular weight excluding hydrogens is 408 g/mol. The van der Waals surface area contributed by atoms with Gasteiger partial charge in [-0.05, 0) is 55.5 Å². The van der Waals surface area contributed by atoms with Crippen LogP contribution in [-0.4, -0.2) is 28.6 Å². The third kappa shape index (κ3) is 4.14. The molecule has 0 amide bonds. The fourth-order valence-electron chi connectivity index (χ4n) is 4.20. The Morgan fingerprint density at radius 1 is 0.862 bits per heavy atom. The van der Waals surface area contributed by atoms with Crippen molar-refractivity contribution in [1.82, 2.24) is 0 Å². The minimum Gasteiger partial charge on any atom is -0.283 e. The number of hydrogen-bond donors (Lipinski definition) is 1. The summed E-state index contributed by atoms with van der Waals surface area (Å²) in [5, 5.41) is -0.378. The van der Waals surface area contributed by atoms with Crippen molar-refractivity contribution < 1.29 is 16.8 Å². The van der Waals surface area contributed by atoms with Gasteiger partial charge in [-0.25, -0.2) is 16.8 Å². The molecular formula is C21H26N2O4S2. The van der Waals surface area contributed by atoms with Crippen LogP contribution in [0.3, 0.4) is 0 Å². The Morgan fingerprint density at radius 2 is 1.59 bits per heavy atom. The number of anilines is 2. The van der Waals surface area contributed by atoms with E-state index in [1.807, 2.05) is 6.07 Å². The second-order valence-electron chi connectivity index (χ2n) is 7.74. The number of nitrogens with one attached hydrogen (secondary N) is 1. The number of sulfonamides is 2. The summed E-state index contributed by atoms with van der Waals surface area (Å²) in [6.07, 6.45) is 5.79. The highest BCUT2D eigenvalue weighted by Crippen LogP contribution is 2.35. The molecule has 29 heavy (non-hydrogen) atoms. The molecule has 0 spiro atoms. The molecule has 8 heteroatoms. The van der Waals surface area contributed by atoms with E-state index in [2.05, 4.69) is 4.72 Å². The molecule has 1 aliphatic heterocycles. The van der Waals surface area contributed by atoms with Gasteiger partial charge in [0.25, 0.3) is 10.0 Å². The first-order valence-electron chi connectivity index (χ1n) is 10.1. The van der Waals surface area contributed by atoms with Crippen molar-refractivity contribution in [3.05, 3.63) is 54.1 Å². The number of nitrogens with zero attached hydrogens (tertiary/aromatic N) is 1. The summed E-state index contributed by atoms with van der Waals surface area (Å²) in [5.41, 5.74) is 1.89. The van der Waals surface area contributed by atoms with Crippen molar-refractivity contribution in [2.75, 3.05) is 15.6 Å². The van der Waals surface area contributed by atoms with Gasteiger partial charge >= 0.3 is 0 Å². The lowest BCUT2D eigenvalue weighted by atomic mass is 10.0. The topological polar surface area (TPSA) is 83.6 Å². The van der Waals surface area contributed by atoms with Crippen LogP contribution in [0.2, 0.25) is 0 Å². The zero-order valence-corrected chi connectivity index (χ0v) is 17.9. The third-order valence-corrected chi connectivity index (χ3v) is 9.44. The average molecular weight is 435 g/mol. The fraction of sp³-hybridized carbons (Fsp3) is 0.429. The first kappa shape index (κ1) is 20.2. The Bertz CT molecular complexity index is 1080. The maximum atomic E-state index is 13.2. The lowest BCUT2D eigenvalue weighted by molar-refractivity contribution is 0.486. The second kappa shape index (κ2) is 7.99. The van der Waals surface area contributed by atoms with E-state index < -0.39 is 20.0 Å². The van der Waals surface area contributed by atoms with Crippen LogP contribution in [0.5, 0.6) is 0 Å². The Hall–Kier alpha value is -2.06. The predicted octanol–water partition coefficient (Wildman–Crippen LogP) is 3.90. The van der Waals surface area contributed by atoms with Gasteiger partial charge in [-0.2, -0.15) is 0 Å². The molecule has 6 nitrogen and oxygen atoms in total. The summed E-state index contributed by atoms with van der Waals surface area (Å²) in [6, 6.07) is 13.6. The van der Waals surface area contributed by atoms with Crippen molar-refractivity contribution in [3.8, 4) is 0 Å².